The summed E-state index contributed by atoms with van der Waals surface area (Å²) in [4.78, 5) is 0. The van der Waals surface area contributed by atoms with Gasteiger partial charge in [0.1, 0.15) is 0 Å². The van der Waals surface area contributed by atoms with Crippen LogP contribution >= 0.6 is 11.6 Å². The van der Waals surface area contributed by atoms with Gasteiger partial charge in [-0.1, -0.05) is 30.9 Å². The van der Waals surface area contributed by atoms with E-state index in [9.17, 15) is 5.11 Å². The molecule has 1 fully saturated rings. The summed E-state index contributed by atoms with van der Waals surface area (Å²) in [6, 6.07) is 0.116. The summed E-state index contributed by atoms with van der Waals surface area (Å²) in [7, 11) is 0. The minimum atomic E-state index is -0.270. The van der Waals surface area contributed by atoms with Gasteiger partial charge in [0.05, 0.1) is 23.4 Å². The summed E-state index contributed by atoms with van der Waals surface area (Å²) in [5, 5.41) is 14.7. The quantitative estimate of drug-likeness (QED) is 0.730. The van der Waals surface area contributed by atoms with Gasteiger partial charge in [0.25, 0.3) is 0 Å². The van der Waals surface area contributed by atoms with Crippen LogP contribution in [0, 0.1) is 0 Å². The number of nitrogens with zero attached hydrogens (tertiary/aromatic N) is 2. The molecule has 3 nitrogen and oxygen atoms in total. The smallest absolute Gasteiger partial charge is 0.0785 e. The molecule has 2 rings (SSSR count). The summed E-state index contributed by atoms with van der Waals surface area (Å²) in [6.07, 6.45) is 8.52. The van der Waals surface area contributed by atoms with Crippen molar-refractivity contribution in [2.24, 2.45) is 0 Å². The molecule has 2 unspecified atom stereocenters. The van der Waals surface area contributed by atoms with Crippen molar-refractivity contribution < 1.29 is 5.11 Å². The molecule has 1 saturated carbocycles. The van der Waals surface area contributed by atoms with Gasteiger partial charge in [0.2, 0.25) is 0 Å². The zero-order chi connectivity index (χ0) is 9.97. The molecule has 0 aliphatic heterocycles. The second-order valence-corrected chi connectivity index (χ2v) is 4.35. The molecule has 1 N–H and O–H groups in total. The fourth-order valence-electron chi connectivity index (χ4n) is 2.07. The Labute approximate surface area is 88.7 Å². The largest absolute Gasteiger partial charge is 0.391 e. The van der Waals surface area contributed by atoms with E-state index in [0.717, 1.165) is 19.3 Å². The third kappa shape index (κ3) is 2.10. The fraction of sp³-hybridized carbons (Fsp3) is 0.700. The van der Waals surface area contributed by atoms with E-state index in [4.69, 9.17) is 11.6 Å². The third-order valence-electron chi connectivity index (χ3n) is 2.85. The highest BCUT2D eigenvalue weighted by Crippen LogP contribution is 2.27. The monoisotopic (exact) mass is 214 g/mol. The number of aliphatic hydroxyl groups excluding tert-OH is 1. The van der Waals surface area contributed by atoms with Gasteiger partial charge in [0, 0.05) is 6.20 Å². The highest BCUT2D eigenvalue weighted by Gasteiger charge is 2.23. The molecule has 1 aliphatic rings. The number of halogens is 1. The number of aromatic nitrogens is 2. The van der Waals surface area contributed by atoms with Gasteiger partial charge in [0.15, 0.2) is 0 Å². The average molecular weight is 215 g/mol. The van der Waals surface area contributed by atoms with E-state index in [1.165, 1.54) is 12.8 Å². The highest BCUT2D eigenvalue weighted by molar-refractivity contribution is 6.30. The first-order valence-electron chi connectivity index (χ1n) is 5.15. The Hall–Kier alpha value is -0.540. The second-order valence-electron chi connectivity index (χ2n) is 3.91. The van der Waals surface area contributed by atoms with Gasteiger partial charge < -0.3 is 5.11 Å². The first-order valence-corrected chi connectivity index (χ1v) is 5.53. The van der Waals surface area contributed by atoms with Crippen molar-refractivity contribution in [3.63, 3.8) is 0 Å². The van der Waals surface area contributed by atoms with Crippen LogP contribution in [0.5, 0.6) is 0 Å². The second kappa shape index (κ2) is 4.32. The molecule has 0 amide bonds. The summed E-state index contributed by atoms with van der Waals surface area (Å²) in [5.74, 6) is 0. The van der Waals surface area contributed by atoms with Crippen LogP contribution in [0.15, 0.2) is 12.4 Å². The number of aliphatic hydroxyl groups is 1. The number of hydrogen-bond acceptors (Lipinski definition) is 2. The van der Waals surface area contributed by atoms with Crippen molar-refractivity contribution in [1.82, 2.24) is 9.78 Å². The molecule has 78 valence electrons. The standard InChI is InChI=1S/C10H15ClN2O/c11-8-6-12-13(7-8)9-4-2-1-3-5-10(9)14/h6-7,9-10,14H,1-5H2. The molecule has 4 heteroatoms. The van der Waals surface area contributed by atoms with E-state index in [2.05, 4.69) is 5.10 Å². The Morgan fingerprint density at radius 3 is 2.86 bits per heavy atom. The molecule has 2 atom stereocenters. The highest BCUT2D eigenvalue weighted by atomic mass is 35.5. The van der Waals surface area contributed by atoms with Crippen molar-refractivity contribution in [3.8, 4) is 0 Å². The zero-order valence-electron chi connectivity index (χ0n) is 8.06. The lowest BCUT2D eigenvalue weighted by atomic mass is 10.1. The lowest BCUT2D eigenvalue weighted by Gasteiger charge is -2.20. The predicted molar refractivity (Wildman–Crippen MR) is 55.4 cm³/mol. The van der Waals surface area contributed by atoms with E-state index in [-0.39, 0.29) is 12.1 Å². The normalized spacial score (nSPS) is 28.7. The molecule has 0 saturated heterocycles. The average Bonchev–Trinajstić information content (AvgIpc) is 2.46. The fourth-order valence-corrected chi connectivity index (χ4v) is 2.22. The van der Waals surface area contributed by atoms with Gasteiger partial charge in [-0.15, -0.1) is 0 Å². The van der Waals surface area contributed by atoms with E-state index in [0.29, 0.717) is 5.02 Å². The van der Waals surface area contributed by atoms with Gasteiger partial charge in [-0.25, -0.2) is 0 Å². The maximum atomic E-state index is 9.91. The zero-order valence-corrected chi connectivity index (χ0v) is 8.82. The van der Waals surface area contributed by atoms with Crippen LogP contribution < -0.4 is 0 Å². The topological polar surface area (TPSA) is 38.0 Å². The van der Waals surface area contributed by atoms with Gasteiger partial charge in [-0.05, 0) is 12.8 Å². The maximum Gasteiger partial charge on any atom is 0.0785 e. The lowest BCUT2D eigenvalue weighted by molar-refractivity contribution is 0.0991. The van der Waals surface area contributed by atoms with Crippen LogP contribution in [0.25, 0.3) is 0 Å². The van der Waals surface area contributed by atoms with E-state index >= 15 is 0 Å². The van der Waals surface area contributed by atoms with Crippen molar-refractivity contribution in [2.45, 2.75) is 44.2 Å². The Morgan fingerprint density at radius 2 is 2.14 bits per heavy atom. The van der Waals surface area contributed by atoms with Gasteiger partial charge in [-0.2, -0.15) is 5.10 Å². The number of rotatable bonds is 1. The van der Waals surface area contributed by atoms with Crippen LogP contribution in [-0.2, 0) is 0 Å². The Kier molecular flexibility index (Phi) is 3.08. The third-order valence-corrected chi connectivity index (χ3v) is 3.05. The summed E-state index contributed by atoms with van der Waals surface area (Å²) >= 11 is 5.80. The van der Waals surface area contributed by atoms with Crippen LogP contribution in [0.2, 0.25) is 5.02 Å². The predicted octanol–water partition coefficient (Wildman–Crippen LogP) is 2.40. The van der Waals surface area contributed by atoms with Crippen LogP contribution in [0.3, 0.4) is 0 Å². The molecule has 1 aromatic rings. The minimum Gasteiger partial charge on any atom is -0.391 e. The molecule has 0 aromatic carbocycles. The molecule has 0 spiro atoms. The van der Waals surface area contributed by atoms with Crippen molar-refractivity contribution in [2.75, 3.05) is 0 Å². The SMILES string of the molecule is OC1CCCCCC1n1cc(Cl)cn1. The minimum absolute atomic E-state index is 0.116. The van der Waals surface area contributed by atoms with Crippen LogP contribution in [0.4, 0.5) is 0 Å². The molecule has 14 heavy (non-hydrogen) atoms. The molecular weight excluding hydrogens is 200 g/mol. The Morgan fingerprint density at radius 1 is 1.36 bits per heavy atom. The van der Waals surface area contributed by atoms with Crippen LogP contribution in [-0.4, -0.2) is 21.0 Å². The van der Waals surface area contributed by atoms with Crippen LogP contribution in [0.1, 0.15) is 38.1 Å². The summed E-state index contributed by atoms with van der Waals surface area (Å²) in [6.45, 7) is 0. The first-order chi connectivity index (χ1) is 6.77. The van der Waals surface area contributed by atoms with Crippen molar-refractivity contribution in [3.05, 3.63) is 17.4 Å². The molecule has 1 heterocycles. The summed E-state index contributed by atoms with van der Waals surface area (Å²) < 4.78 is 1.80. The summed E-state index contributed by atoms with van der Waals surface area (Å²) in [5.41, 5.74) is 0. The van der Waals surface area contributed by atoms with Gasteiger partial charge in [-0.3, -0.25) is 4.68 Å². The molecule has 1 aromatic heterocycles. The Balaban J connectivity index is 2.14. The number of hydrogen-bond donors (Lipinski definition) is 1. The maximum absolute atomic E-state index is 9.91. The van der Waals surface area contributed by atoms with E-state index in [1.54, 1.807) is 17.1 Å². The van der Waals surface area contributed by atoms with E-state index < -0.39 is 0 Å². The molecule has 1 aliphatic carbocycles. The molecule has 0 bridgehead atoms. The van der Waals surface area contributed by atoms with Gasteiger partial charge >= 0.3 is 0 Å². The van der Waals surface area contributed by atoms with Crippen molar-refractivity contribution >= 4 is 11.6 Å². The Bertz CT molecular complexity index is 300. The molecule has 0 radical (unpaired) electrons. The van der Waals surface area contributed by atoms with Crippen molar-refractivity contribution in [1.29, 1.82) is 0 Å². The molecular formula is C10H15ClN2O. The lowest BCUT2D eigenvalue weighted by Crippen LogP contribution is -2.23. The van der Waals surface area contributed by atoms with E-state index in [1.807, 2.05) is 0 Å². The first kappa shape index (κ1) is 9.99.